The van der Waals surface area contributed by atoms with Crippen molar-refractivity contribution in [3.63, 3.8) is 0 Å². The highest BCUT2D eigenvalue weighted by Gasteiger charge is 2.28. The lowest BCUT2D eigenvalue weighted by atomic mass is 10.0. The van der Waals surface area contributed by atoms with Gasteiger partial charge in [-0.3, -0.25) is 9.69 Å². The summed E-state index contributed by atoms with van der Waals surface area (Å²) in [6.07, 6.45) is 4.34. The van der Waals surface area contributed by atoms with E-state index in [9.17, 15) is 13.2 Å². The molecule has 2 atom stereocenters. The molecule has 3 rings (SSSR count). The van der Waals surface area contributed by atoms with Gasteiger partial charge in [0, 0.05) is 25.3 Å². The molecule has 27 heavy (non-hydrogen) atoms. The molecule has 0 aromatic heterocycles. The summed E-state index contributed by atoms with van der Waals surface area (Å²) in [4.78, 5) is 14.7. The highest BCUT2D eigenvalue weighted by Crippen LogP contribution is 2.24. The summed E-state index contributed by atoms with van der Waals surface area (Å²) in [5, 5.41) is 2.88. The fraction of sp³-hybridized carbons (Fsp3) is 0.650. The van der Waals surface area contributed by atoms with Gasteiger partial charge in [-0.05, 0) is 68.3 Å². The number of sulfonamides is 1. The molecule has 1 aromatic carbocycles. The summed E-state index contributed by atoms with van der Waals surface area (Å²) in [6.45, 7) is 7.77. The molecular formula is C20H31N3O3S. The zero-order valence-electron chi connectivity index (χ0n) is 16.4. The summed E-state index contributed by atoms with van der Waals surface area (Å²) in [7, 11) is -3.46. The molecule has 2 saturated heterocycles. The zero-order chi connectivity index (χ0) is 19.4. The minimum Gasteiger partial charge on any atom is -0.325 e. The van der Waals surface area contributed by atoms with Crippen LogP contribution in [-0.2, 0) is 14.8 Å². The van der Waals surface area contributed by atoms with Gasteiger partial charge in [-0.25, -0.2) is 8.42 Å². The molecule has 6 nitrogen and oxygen atoms in total. The van der Waals surface area contributed by atoms with Crippen LogP contribution < -0.4 is 5.32 Å². The van der Waals surface area contributed by atoms with Crippen LogP contribution in [0.5, 0.6) is 0 Å². The van der Waals surface area contributed by atoms with Gasteiger partial charge in [0.2, 0.25) is 15.9 Å². The number of nitrogens with zero attached hydrogens (tertiary/aromatic N) is 2. The smallest absolute Gasteiger partial charge is 0.243 e. The van der Waals surface area contributed by atoms with E-state index in [2.05, 4.69) is 24.1 Å². The van der Waals surface area contributed by atoms with E-state index in [1.807, 2.05) is 0 Å². The van der Waals surface area contributed by atoms with Crippen LogP contribution in [0.2, 0.25) is 0 Å². The minimum absolute atomic E-state index is 0.0513. The Labute approximate surface area is 163 Å². The molecule has 0 bridgehead atoms. The summed E-state index contributed by atoms with van der Waals surface area (Å²) >= 11 is 0. The molecule has 0 saturated carbocycles. The van der Waals surface area contributed by atoms with Crippen molar-refractivity contribution in [2.24, 2.45) is 11.8 Å². The van der Waals surface area contributed by atoms with Gasteiger partial charge in [0.1, 0.15) is 0 Å². The van der Waals surface area contributed by atoms with Crippen LogP contribution in [-0.4, -0.2) is 56.3 Å². The Bertz CT molecular complexity index is 748. The first-order valence-electron chi connectivity index (χ1n) is 9.97. The summed E-state index contributed by atoms with van der Waals surface area (Å²) in [5.74, 6) is 0.975. The van der Waals surface area contributed by atoms with E-state index in [1.54, 1.807) is 28.6 Å². The number of anilines is 1. The Morgan fingerprint density at radius 2 is 1.67 bits per heavy atom. The quantitative estimate of drug-likeness (QED) is 0.835. The summed E-state index contributed by atoms with van der Waals surface area (Å²) < 4.78 is 27.2. The van der Waals surface area contributed by atoms with E-state index in [0.717, 1.165) is 32.4 Å². The lowest BCUT2D eigenvalue weighted by Crippen LogP contribution is -2.39. The van der Waals surface area contributed by atoms with Crippen LogP contribution in [0.1, 0.15) is 39.5 Å². The molecule has 0 aliphatic carbocycles. The normalized spacial score (nSPS) is 25.3. The van der Waals surface area contributed by atoms with E-state index in [-0.39, 0.29) is 5.91 Å². The van der Waals surface area contributed by atoms with Crippen molar-refractivity contribution in [3.05, 3.63) is 24.3 Å². The number of hydrogen-bond acceptors (Lipinski definition) is 4. The molecule has 1 amide bonds. The summed E-state index contributed by atoms with van der Waals surface area (Å²) in [5.41, 5.74) is 0.635. The highest BCUT2D eigenvalue weighted by atomic mass is 32.2. The van der Waals surface area contributed by atoms with Crippen molar-refractivity contribution in [3.8, 4) is 0 Å². The van der Waals surface area contributed by atoms with E-state index in [1.165, 1.54) is 6.42 Å². The number of nitrogens with one attached hydrogen (secondary N) is 1. The second-order valence-corrected chi connectivity index (χ2v) is 10.1. The van der Waals surface area contributed by atoms with Crippen molar-refractivity contribution in [1.82, 2.24) is 9.21 Å². The number of benzene rings is 1. The predicted octanol–water partition coefficient (Wildman–Crippen LogP) is 2.78. The maximum absolute atomic E-state index is 12.8. The van der Waals surface area contributed by atoms with E-state index >= 15 is 0 Å². The van der Waals surface area contributed by atoms with Crippen molar-refractivity contribution in [2.75, 3.05) is 38.0 Å². The van der Waals surface area contributed by atoms with Gasteiger partial charge >= 0.3 is 0 Å². The van der Waals surface area contributed by atoms with E-state index in [0.29, 0.717) is 42.1 Å². The number of rotatable bonds is 5. The van der Waals surface area contributed by atoms with Crippen LogP contribution in [0.4, 0.5) is 5.69 Å². The Kier molecular flexibility index (Phi) is 6.55. The van der Waals surface area contributed by atoms with Gasteiger partial charge in [-0.1, -0.05) is 13.8 Å². The van der Waals surface area contributed by atoms with Crippen molar-refractivity contribution >= 4 is 21.6 Å². The van der Waals surface area contributed by atoms with Crippen LogP contribution >= 0.6 is 0 Å². The number of likely N-dealkylation sites (tertiary alicyclic amines) is 1. The fourth-order valence-electron chi connectivity index (χ4n) is 4.06. The third-order valence-electron chi connectivity index (χ3n) is 5.50. The van der Waals surface area contributed by atoms with Crippen LogP contribution in [0.15, 0.2) is 29.2 Å². The van der Waals surface area contributed by atoms with Gasteiger partial charge in [0.05, 0.1) is 11.4 Å². The van der Waals surface area contributed by atoms with Crippen LogP contribution in [0, 0.1) is 11.8 Å². The molecule has 0 spiro atoms. The molecule has 2 heterocycles. The molecule has 150 valence electrons. The molecule has 7 heteroatoms. The lowest BCUT2D eigenvalue weighted by molar-refractivity contribution is -0.117. The molecule has 1 N–H and O–H groups in total. The average Bonchev–Trinajstić information content (AvgIpc) is 2.62. The average molecular weight is 394 g/mol. The van der Waals surface area contributed by atoms with Crippen molar-refractivity contribution in [1.29, 1.82) is 0 Å². The zero-order valence-corrected chi connectivity index (χ0v) is 17.2. The molecule has 0 radical (unpaired) electrons. The second kappa shape index (κ2) is 8.71. The van der Waals surface area contributed by atoms with Crippen LogP contribution in [0.25, 0.3) is 0 Å². The topological polar surface area (TPSA) is 69.7 Å². The Morgan fingerprint density at radius 3 is 2.30 bits per heavy atom. The standard InChI is InChI=1S/C20H31N3O3S/c1-16-5-3-11-22(13-16)15-20(24)21-18-7-9-19(10-8-18)27(25,26)23-12-4-6-17(2)14-23/h7-10,16-17H,3-6,11-15H2,1-2H3,(H,21,24)/t16-,17+/m1/s1. The number of carbonyl (C=O) groups excluding carboxylic acids is 1. The predicted molar refractivity (Wildman–Crippen MR) is 107 cm³/mol. The largest absolute Gasteiger partial charge is 0.325 e. The Morgan fingerprint density at radius 1 is 1.04 bits per heavy atom. The highest BCUT2D eigenvalue weighted by molar-refractivity contribution is 7.89. The van der Waals surface area contributed by atoms with Gasteiger partial charge in [-0.2, -0.15) is 4.31 Å². The number of piperidine rings is 2. The van der Waals surface area contributed by atoms with Gasteiger partial charge in [0.15, 0.2) is 0 Å². The van der Waals surface area contributed by atoms with E-state index in [4.69, 9.17) is 0 Å². The molecule has 0 unspecified atom stereocenters. The van der Waals surface area contributed by atoms with Crippen LogP contribution in [0.3, 0.4) is 0 Å². The first-order chi connectivity index (χ1) is 12.8. The third-order valence-corrected chi connectivity index (χ3v) is 7.38. The number of amides is 1. The van der Waals surface area contributed by atoms with Gasteiger partial charge < -0.3 is 5.32 Å². The molecule has 2 aliphatic rings. The lowest BCUT2D eigenvalue weighted by Gasteiger charge is -2.30. The van der Waals surface area contributed by atoms with Crippen molar-refractivity contribution < 1.29 is 13.2 Å². The van der Waals surface area contributed by atoms with Crippen molar-refractivity contribution in [2.45, 2.75) is 44.4 Å². The molecule has 2 aliphatic heterocycles. The monoisotopic (exact) mass is 393 g/mol. The first-order valence-corrected chi connectivity index (χ1v) is 11.4. The first kappa shape index (κ1) is 20.3. The molecule has 2 fully saturated rings. The second-order valence-electron chi connectivity index (χ2n) is 8.17. The number of hydrogen-bond donors (Lipinski definition) is 1. The maximum atomic E-state index is 12.8. The fourth-order valence-corrected chi connectivity index (χ4v) is 5.66. The van der Waals surface area contributed by atoms with E-state index < -0.39 is 10.0 Å². The molecule has 1 aromatic rings. The van der Waals surface area contributed by atoms with Gasteiger partial charge in [-0.15, -0.1) is 0 Å². The Hall–Kier alpha value is -1.44. The maximum Gasteiger partial charge on any atom is 0.243 e. The number of carbonyl (C=O) groups is 1. The Balaban J connectivity index is 1.58. The SMILES string of the molecule is C[C@@H]1CCCN(CC(=O)Nc2ccc(S(=O)(=O)N3CCC[C@H](C)C3)cc2)C1. The van der Waals surface area contributed by atoms with Gasteiger partial charge in [0.25, 0.3) is 0 Å². The molecular weight excluding hydrogens is 362 g/mol. The summed E-state index contributed by atoms with van der Waals surface area (Å²) in [6, 6.07) is 6.54. The third kappa shape index (κ3) is 5.30. The minimum atomic E-state index is -3.46.